The molecule has 1 aromatic carbocycles. The zero-order chi connectivity index (χ0) is 13.8. The van der Waals surface area contributed by atoms with Gasteiger partial charge in [-0.25, -0.2) is 8.42 Å². The lowest BCUT2D eigenvalue weighted by atomic mass is 10.2. The highest BCUT2D eigenvalue weighted by atomic mass is 32.2. The lowest BCUT2D eigenvalue weighted by Gasteiger charge is -2.12. The maximum Gasteiger partial charge on any atom is 0.321 e. The first kappa shape index (κ1) is 14.2. The molecule has 2 N–H and O–H groups in total. The predicted molar refractivity (Wildman–Crippen MR) is 63.2 cm³/mol. The molecule has 0 amide bonds. The van der Waals surface area contributed by atoms with Crippen LogP contribution in [0.4, 0.5) is 0 Å². The van der Waals surface area contributed by atoms with E-state index in [9.17, 15) is 13.2 Å². The number of nitrogens with one attached hydrogen (secondary N) is 1. The van der Waals surface area contributed by atoms with E-state index in [1.54, 1.807) is 6.92 Å². The molecule has 0 bridgehead atoms. The fraction of sp³-hybridized carbons (Fsp3) is 0.273. The van der Waals surface area contributed by atoms with E-state index < -0.39 is 22.0 Å². The van der Waals surface area contributed by atoms with Crippen LogP contribution in [0.3, 0.4) is 0 Å². The molecule has 1 unspecified atom stereocenters. The molecule has 0 aliphatic heterocycles. The van der Waals surface area contributed by atoms with Gasteiger partial charge in [0.1, 0.15) is 6.04 Å². The Kier molecular flexibility index (Phi) is 4.42. The number of rotatable bonds is 5. The van der Waals surface area contributed by atoms with Crippen molar-refractivity contribution in [2.45, 2.75) is 24.3 Å². The molecular formula is C11H12N2O4S. The molecule has 6 nitrogen and oxygen atoms in total. The minimum absolute atomic E-state index is 0.124. The van der Waals surface area contributed by atoms with Gasteiger partial charge in [-0.15, -0.1) is 0 Å². The van der Waals surface area contributed by atoms with Gasteiger partial charge in [-0.3, -0.25) is 4.79 Å². The second-order valence-electron chi connectivity index (χ2n) is 3.56. The van der Waals surface area contributed by atoms with Gasteiger partial charge in [0.25, 0.3) is 0 Å². The minimum atomic E-state index is -3.93. The number of carboxylic acids is 1. The van der Waals surface area contributed by atoms with Crippen molar-refractivity contribution in [1.29, 1.82) is 5.26 Å². The van der Waals surface area contributed by atoms with Crippen LogP contribution in [-0.4, -0.2) is 25.5 Å². The van der Waals surface area contributed by atoms with Crippen molar-refractivity contribution in [1.82, 2.24) is 4.72 Å². The summed E-state index contributed by atoms with van der Waals surface area (Å²) in [5, 5.41) is 17.5. The van der Waals surface area contributed by atoms with Gasteiger partial charge in [-0.1, -0.05) is 13.0 Å². The summed E-state index contributed by atoms with van der Waals surface area (Å²) < 4.78 is 25.9. The summed E-state index contributed by atoms with van der Waals surface area (Å²) in [5.74, 6) is -1.24. The van der Waals surface area contributed by atoms with Gasteiger partial charge in [0.05, 0.1) is 16.5 Å². The van der Waals surface area contributed by atoms with Crippen LogP contribution in [0.25, 0.3) is 0 Å². The van der Waals surface area contributed by atoms with Crippen LogP contribution in [0.15, 0.2) is 29.2 Å². The lowest BCUT2D eigenvalue weighted by Crippen LogP contribution is -2.40. The average Bonchev–Trinajstić information content (AvgIpc) is 2.35. The Labute approximate surface area is 105 Å². The van der Waals surface area contributed by atoms with Gasteiger partial charge in [-0.2, -0.15) is 9.98 Å². The normalized spacial score (nSPS) is 12.7. The zero-order valence-electron chi connectivity index (χ0n) is 9.62. The molecule has 0 saturated carbocycles. The molecule has 0 aromatic heterocycles. The minimum Gasteiger partial charge on any atom is -0.480 e. The number of benzene rings is 1. The van der Waals surface area contributed by atoms with Crippen molar-refractivity contribution in [3.8, 4) is 6.07 Å². The number of carbonyl (C=O) groups is 1. The number of hydrogen-bond donors (Lipinski definition) is 2. The highest BCUT2D eigenvalue weighted by molar-refractivity contribution is 7.89. The van der Waals surface area contributed by atoms with Crippen LogP contribution < -0.4 is 4.72 Å². The molecule has 0 aliphatic carbocycles. The number of sulfonamides is 1. The maximum absolute atomic E-state index is 11.9. The molecule has 1 atom stereocenters. The van der Waals surface area contributed by atoms with Crippen molar-refractivity contribution in [2.24, 2.45) is 0 Å². The van der Waals surface area contributed by atoms with E-state index in [1.807, 2.05) is 6.07 Å². The topological polar surface area (TPSA) is 107 Å². The monoisotopic (exact) mass is 268 g/mol. The highest BCUT2D eigenvalue weighted by Gasteiger charge is 2.23. The maximum atomic E-state index is 11.9. The van der Waals surface area contributed by atoms with Gasteiger partial charge >= 0.3 is 5.97 Å². The predicted octanol–water partition coefficient (Wildman–Crippen LogP) is 0.700. The zero-order valence-corrected chi connectivity index (χ0v) is 10.4. The van der Waals surface area contributed by atoms with E-state index in [-0.39, 0.29) is 16.9 Å². The molecular weight excluding hydrogens is 256 g/mol. The van der Waals surface area contributed by atoms with Gasteiger partial charge in [0.15, 0.2) is 0 Å². The first-order valence-electron chi connectivity index (χ1n) is 5.16. The fourth-order valence-electron chi connectivity index (χ4n) is 1.30. The average molecular weight is 268 g/mol. The molecule has 18 heavy (non-hydrogen) atoms. The number of aliphatic carboxylic acids is 1. The summed E-state index contributed by atoms with van der Waals surface area (Å²) in [6.45, 7) is 1.56. The molecule has 0 aliphatic rings. The first-order valence-corrected chi connectivity index (χ1v) is 6.64. The van der Waals surface area contributed by atoms with Gasteiger partial charge < -0.3 is 5.11 Å². The number of carboxylic acid groups (broad SMARTS) is 1. The molecule has 0 radical (unpaired) electrons. The van der Waals surface area contributed by atoms with Crippen LogP contribution >= 0.6 is 0 Å². The third-order valence-electron chi connectivity index (χ3n) is 2.28. The fourth-order valence-corrected chi connectivity index (χ4v) is 2.61. The molecule has 96 valence electrons. The SMILES string of the molecule is CCC(NS(=O)(=O)c1cccc(C#N)c1)C(=O)O. The summed E-state index contributed by atoms with van der Waals surface area (Å²) in [5.41, 5.74) is 0.196. The van der Waals surface area contributed by atoms with E-state index in [1.165, 1.54) is 24.3 Å². The summed E-state index contributed by atoms with van der Waals surface area (Å²) in [4.78, 5) is 10.7. The van der Waals surface area contributed by atoms with Crippen LogP contribution in [0.1, 0.15) is 18.9 Å². The van der Waals surface area contributed by atoms with Crippen LogP contribution in [0.2, 0.25) is 0 Å². The molecule has 0 fully saturated rings. The summed E-state index contributed by atoms with van der Waals surface area (Å²) in [6, 6.07) is 6.03. The largest absolute Gasteiger partial charge is 0.480 e. The number of hydrogen-bond acceptors (Lipinski definition) is 4. The van der Waals surface area contributed by atoms with E-state index in [0.717, 1.165) is 0 Å². The van der Waals surface area contributed by atoms with Crippen LogP contribution in [0.5, 0.6) is 0 Å². The molecule has 1 rings (SSSR count). The van der Waals surface area contributed by atoms with Crippen molar-refractivity contribution >= 4 is 16.0 Å². The third kappa shape index (κ3) is 3.29. The van der Waals surface area contributed by atoms with Crippen molar-refractivity contribution in [3.05, 3.63) is 29.8 Å². The second-order valence-corrected chi connectivity index (χ2v) is 5.27. The molecule has 0 spiro atoms. The van der Waals surface area contributed by atoms with E-state index >= 15 is 0 Å². The Morgan fingerprint density at radius 1 is 1.56 bits per heavy atom. The quantitative estimate of drug-likeness (QED) is 0.817. The van der Waals surface area contributed by atoms with Gasteiger partial charge in [0.2, 0.25) is 10.0 Å². The molecule has 1 aromatic rings. The summed E-state index contributed by atoms with van der Waals surface area (Å²) in [7, 11) is -3.93. The van der Waals surface area contributed by atoms with Crippen molar-refractivity contribution in [2.75, 3.05) is 0 Å². The van der Waals surface area contributed by atoms with Gasteiger partial charge in [0, 0.05) is 0 Å². The van der Waals surface area contributed by atoms with Crippen molar-refractivity contribution in [3.63, 3.8) is 0 Å². The molecule has 0 saturated heterocycles. The second kappa shape index (κ2) is 5.62. The van der Waals surface area contributed by atoms with Gasteiger partial charge in [-0.05, 0) is 24.6 Å². The van der Waals surface area contributed by atoms with Crippen LogP contribution in [0, 0.1) is 11.3 Å². The number of nitrogens with zero attached hydrogens (tertiary/aromatic N) is 1. The van der Waals surface area contributed by atoms with E-state index in [2.05, 4.69) is 4.72 Å². The Hall–Kier alpha value is -1.91. The third-order valence-corrected chi connectivity index (χ3v) is 3.75. The van der Waals surface area contributed by atoms with Crippen LogP contribution in [-0.2, 0) is 14.8 Å². The Bertz CT molecular complexity index is 589. The Morgan fingerprint density at radius 3 is 2.72 bits per heavy atom. The summed E-state index contributed by atoms with van der Waals surface area (Å²) in [6.07, 6.45) is 0.131. The Balaban J connectivity index is 3.07. The first-order chi connectivity index (χ1) is 8.40. The summed E-state index contributed by atoms with van der Waals surface area (Å²) >= 11 is 0. The Morgan fingerprint density at radius 2 is 2.22 bits per heavy atom. The lowest BCUT2D eigenvalue weighted by molar-refractivity contribution is -0.139. The van der Waals surface area contributed by atoms with E-state index in [4.69, 9.17) is 10.4 Å². The van der Waals surface area contributed by atoms with E-state index in [0.29, 0.717) is 0 Å². The number of nitriles is 1. The highest BCUT2D eigenvalue weighted by Crippen LogP contribution is 2.12. The smallest absolute Gasteiger partial charge is 0.321 e. The van der Waals surface area contributed by atoms with Crippen molar-refractivity contribution < 1.29 is 18.3 Å². The molecule has 7 heteroatoms. The standard InChI is InChI=1S/C11H12N2O4S/c1-2-10(11(14)15)13-18(16,17)9-5-3-4-8(6-9)7-12/h3-6,10,13H,2H2,1H3,(H,14,15). The molecule has 0 heterocycles.